The van der Waals surface area contributed by atoms with Crippen molar-refractivity contribution in [3.63, 3.8) is 0 Å². The van der Waals surface area contributed by atoms with Crippen LogP contribution in [-0.4, -0.2) is 35.9 Å². The molecule has 1 aliphatic carbocycles. The first-order chi connectivity index (χ1) is 6.98. The molecule has 4 heteroatoms. The fourth-order valence-corrected chi connectivity index (χ4v) is 1.75. The zero-order valence-corrected chi connectivity index (χ0v) is 9.75. The summed E-state index contributed by atoms with van der Waals surface area (Å²) < 4.78 is 5.73. The lowest BCUT2D eigenvalue weighted by Crippen LogP contribution is -2.50. The Morgan fingerprint density at radius 1 is 1.67 bits per heavy atom. The number of hydrogen-bond acceptors (Lipinski definition) is 3. The molecule has 1 fully saturated rings. The summed E-state index contributed by atoms with van der Waals surface area (Å²) in [6.45, 7) is 3.63. The van der Waals surface area contributed by atoms with Gasteiger partial charge in [0, 0.05) is 6.42 Å². The van der Waals surface area contributed by atoms with Gasteiger partial charge in [0.15, 0.2) is 0 Å². The molecule has 1 rings (SSSR count). The van der Waals surface area contributed by atoms with Crippen LogP contribution in [0.4, 0.5) is 0 Å². The first-order valence-corrected chi connectivity index (χ1v) is 5.55. The smallest absolute Gasteiger partial charge is 0.323 e. The van der Waals surface area contributed by atoms with Gasteiger partial charge in [0.05, 0.1) is 12.2 Å². The zero-order chi connectivity index (χ0) is 11.5. The number of carboxylic acid groups (broad SMARTS) is 1. The summed E-state index contributed by atoms with van der Waals surface area (Å²) in [5, 5.41) is 11.9. The van der Waals surface area contributed by atoms with E-state index < -0.39 is 11.5 Å². The van der Waals surface area contributed by atoms with E-state index in [4.69, 9.17) is 9.84 Å². The number of nitrogens with one attached hydrogen (secondary N) is 1. The summed E-state index contributed by atoms with van der Waals surface area (Å²) in [7, 11) is 1.67. The van der Waals surface area contributed by atoms with Gasteiger partial charge in [-0.05, 0) is 40.2 Å². The van der Waals surface area contributed by atoms with E-state index in [1.807, 2.05) is 6.92 Å². The molecule has 2 unspecified atom stereocenters. The van der Waals surface area contributed by atoms with E-state index in [1.165, 1.54) is 6.42 Å². The van der Waals surface area contributed by atoms with Crippen LogP contribution in [0.5, 0.6) is 0 Å². The lowest BCUT2D eigenvalue weighted by molar-refractivity contribution is -0.146. The highest BCUT2D eigenvalue weighted by Gasteiger charge is 2.34. The first kappa shape index (κ1) is 12.5. The predicted molar refractivity (Wildman–Crippen MR) is 57.9 cm³/mol. The SMILES string of the molecule is CNC(C)(CC(C)OC1CCC1)C(=O)O. The quantitative estimate of drug-likeness (QED) is 0.703. The van der Waals surface area contributed by atoms with E-state index in [-0.39, 0.29) is 6.10 Å². The average molecular weight is 215 g/mol. The normalized spacial score (nSPS) is 22.9. The number of likely N-dealkylation sites (N-methyl/N-ethyl adjacent to an activating group) is 1. The van der Waals surface area contributed by atoms with E-state index in [2.05, 4.69) is 5.32 Å². The van der Waals surface area contributed by atoms with Gasteiger partial charge in [-0.2, -0.15) is 0 Å². The molecule has 0 bridgehead atoms. The third-order valence-corrected chi connectivity index (χ3v) is 3.20. The van der Waals surface area contributed by atoms with Crippen molar-refractivity contribution in [1.82, 2.24) is 5.32 Å². The molecule has 0 radical (unpaired) electrons. The van der Waals surface area contributed by atoms with Gasteiger partial charge in [0.1, 0.15) is 5.54 Å². The lowest BCUT2D eigenvalue weighted by atomic mass is 9.93. The van der Waals surface area contributed by atoms with Gasteiger partial charge in [-0.1, -0.05) is 0 Å². The molecule has 15 heavy (non-hydrogen) atoms. The maximum absolute atomic E-state index is 11.0. The summed E-state index contributed by atoms with van der Waals surface area (Å²) in [5.74, 6) is -0.825. The highest BCUT2D eigenvalue weighted by molar-refractivity contribution is 5.78. The number of ether oxygens (including phenoxy) is 1. The summed E-state index contributed by atoms with van der Waals surface area (Å²) in [6.07, 6.45) is 4.31. The molecule has 0 aromatic heterocycles. The second-order valence-corrected chi connectivity index (χ2v) is 4.59. The molecule has 0 aromatic carbocycles. The van der Waals surface area contributed by atoms with Crippen molar-refractivity contribution in [1.29, 1.82) is 0 Å². The fourth-order valence-electron chi connectivity index (χ4n) is 1.75. The van der Waals surface area contributed by atoms with Crippen molar-refractivity contribution < 1.29 is 14.6 Å². The molecule has 4 nitrogen and oxygen atoms in total. The van der Waals surface area contributed by atoms with E-state index in [1.54, 1.807) is 14.0 Å². The van der Waals surface area contributed by atoms with Crippen LogP contribution in [0, 0.1) is 0 Å². The van der Waals surface area contributed by atoms with E-state index in [0.717, 1.165) is 12.8 Å². The highest BCUT2D eigenvalue weighted by Crippen LogP contribution is 2.25. The summed E-state index contributed by atoms with van der Waals surface area (Å²) in [6, 6.07) is 0. The van der Waals surface area contributed by atoms with Crippen LogP contribution in [-0.2, 0) is 9.53 Å². The number of carbonyl (C=O) groups is 1. The third kappa shape index (κ3) is 3.18. The molecule has 0 aliphatic heterocycles. The fraction of sp³-hybridized carbons (Fsp3) is 0.909. The molecule has 1 saturated carbocycles. The monoisotopic (exact) mass is 215 g/mol. The van der Waals surface area contributed by atoms with Crippen molar-refractivity contribution in [2.75, 3.05) is 7.05 Å². The topological polar surface area (TPSA) is 58.6 Å². The Balaban J connectivity index is 2.39. The van der Waals surface area contributed by atoms with Crippen molar-refractivity contribution >= 4 is 5.97 Å². The number of carboxylic acids is 1. The average Bonchev–Trinajstić information content (AvgIpc) is 2.11. The Kier molecular flexibility index (Phi) is 4.11. The lowest BCUT2D eigenvalue weighted by Gasteiger charge is -2.33. The van der Waals surface area contributed by atoms with Crippen molar-refractivity contribution in [2.24, 2.45) is 0 Å². The molecule has 1 aliphatic rings. The maximum atomic E-state index is 11.0. The standard InChI is InChI=1S/C11H21NO3/c1-8(15-9-5-4-6-9)7-11(2,12-3)10(13)14/h8-9,12H,4-7H2,1-3H3,(H,13,14). The molecule has 0 saturated heterocycles. The van der Waals surface area contributed by atoms with Crippen LogP contribution in [0.2, 0.25) is 0 Å². The van der Waals surface area contributed by atoms with Crippen LogP contribution in [0.1, 0.15) is 39.5 Å². The Hall–Kier alpha value is -0.610. The predicted octanol–water partition coefficient (Wildman–Crippen LogP) is 1.40. The molecule has 0 spiro atoms. The minimum Gasteiger partial charge on any atom is -0.480 e. The Morgan fingerprint density at radius 2 is 2.27 bits per heavy atom. The van der Waals surface area contributed by atoms with E-state index in [9.17, 15) is 4.79 Å². The number of aliphatic carboxylic acids is 1. The van der Waals surface area contributed by atoms with Crippen molar-refractivity contribution in [3.8, 4) is 0 Å². The van der Waals surface area contributed by atoms with Gasteiger partial charge in [0.25, 0.3) is 0 Å². The minimum atomic E-state index is -0.886. The zero-order valence-electron chi connectivity index (χ0n) is 9.75. The van der Waals surface area contributed by atoms with Crippen LogP contribution in [0.3, 0.4) is 0 Å². The molecular weight excluding hydrogens is 194 g/mol. The largest absolute Gasteiger partial charge is 0.480 e. The molecule has 2 N–H and O–H groups in total. The van der Waals surface area contributed by atoms with Crippen LogP contribution in [0.25, 0.3) is 0 Å². The molecule has 88 valence electrons. The van der Waals surface area contributed by atoms with Gasteiger partial charge in [-0.15, -0.1) is 0 Å². The summed E-state index contributed by atoms with van der Waals surface area (Å²) in [5.41, 5.74) is -0.886. The maximum Gasteiger partial charge on any atom is 0.323 e. The van der Waals surface area contributed by atoms with Gasteiger partial charge in [0.2, 0.25) is 0 Å². The molecule has 0 aromatic rings. The van der Waals surface area contributed by atoms with Gasteiger partial charge in [-0.3, -0.25) is 4.79 Å². The van der Waals surface area contributed by atoms with Crippen LogP contribution < -0.4 is 5.32 Å². The van der Waals surface area contributed by atoms with Crippen molar-refractivity contribution in [3.05, 3.63) is 0 Å². The summed E-state index contributed by atoms with van der Waals surface area (Å²) >= 11 is 0. The van der Waals surface area contributed by atoms with Crippen LogP contribution >= 0.6 is 0 Å². The van der Waals surface area contributed by atoms with Gasteiger partial charge >= 0.3 is 5.97 Å². The Labute approximate surface area is 91.0 Å². The van der Waals surface area contributed by atoms with Crippen molar-refractivity contribution in [2.45, 2.75) is 57.3 Å². The molecule has 2 atom stereocenters. The third-order valence-electron chi connectivity index (χ3n) is 3.20. The molecular formula is C11H21NO3. The Bertz CT molecular complexity index is 228. The van der Waals surface area contributed by atoms with Gasteiger partial charge < -0.3 is 15.2 Å². The first-order valence-electron chi connectivity index (χ1n) is 5.55. The number of rotatable bonds is 6. The molecule has 0 amide bonds. The second-order valence-electron chi connectivity index (χ2n) is 4.59. The van der Waals surface area contributed by atoms with Gasteiger partial charge in [-0.25, -0.2) is 0 Å². The minimum absolute atomic E-state index is 0.0103. The number of hydrogen-bond donors (Lipinski definition) is 2. The molecule has 0 heterocycles. The highest BCUT2D eigenvalue weighted by atomic mass is 16.5. The van der Waals surface area contributed by atoms with E-state index >= 15 is 0 Å². The van der Waals surface area contributed by atoms with Crippen LogP contribution in [0.15, 0.2) is 0 Å². The second kappa shape index (κ2) is 4.94. The Morgan fingerprint density at radius 3 is 2.60 bits per heavy atom. The summed E-state index contributed by atoms with van der Waals surface area (Å²) in [4.78, 5) is 11.0. The van der Waals surface area contributed by atoms with E-state index in [0.29, 0.717) is 12.5 Å².